The van der Waals surface area contributed by atoms with Crippen LogP contribution in [0.1, 0.15) is 12.0 Å². The van der Waals surface area contributed by atoms with E-state index in [4.69, 9.17) is 0 Å². The number of aliphatic carboxylic acids is 1. The molecule has 16 heavy (non-hydrogen) atoms. The number of carboxylic acids is 1. The number of carbonyl (C=O) groups is 1. The highest BCUT2D eigenvalue weighted by Crippen LogP contribution is 2.36. The molecule has 0 radical (unpaired) electrons. The van der Waals surface area contributed by atoms with Crippen molar-refractivity contribution in [2.75, 3.05) is 13.1 Å². The highest BCUT2D eigenvalue weighted by Gasteiger charge is 2.44. The van der Waals surface area contributed by atoms with Gasteiger partial charge in [-0.25, -0.2) is 4.39 Å². The molecular weight excluding hydrogens is 277 g/mol. The average molecular weight is 288 g/mol. The van der Waals surface area contributed by atoms with E-state index in [1.807, 2.05) is 0 Å². The predicted molar refractivity (Wildman–Crippen MR) is 60.9 cm³/mol. The quantitative estimate of drug-likeness (QED) is 0.874. The molecule has 5 heteroatoms. The van der Waals surface area contributed by atoms with Gasteiger partial charge in [-0.15, -0.1) is 0 Å². The molecule has 1 saturated heterocycles. The van der Waals surface area contributed by atoms with Crippen LogP contribution in [0, 0.1) is 5.82 Å². The first kappa shape index (κ1) is 11.5. The normalized spacial score (nSPS) is 24.6. The molecule has 86 valence electrons. The zero-order valence-corrected chi connectivity index (χ0v) is 10.1. The Labute approximate surface area is 101 Å². The Kier molecular flexibility index (Phi) is 2.99. The van der Waals surface area contributed by atoms with Gasteiger partial charge in [0.05, 0.1) is 0 Å². The van der Waals surface area contributed by atoms with E-state index in [2.05, 4.69) is 21.2 Å². The summed E-state index contributed by atoms with van der Waals surface area (Å²) >= 11 is 3.29. The van der Waals surface area contributed by atoms with Gasteiger partial charge in [-0.3, -0.25) is 4.79 Å². The van der Waals surface area contributed by atoms with Gasteiger partial charge in [0.1, 0.15) is 11.2 Å². The van der Waals surface area contributed by atoms with Crippen LogP contribution < -0.4 is 5.32 Å². The third-order valence-electron chi connectivity index (χ3n) is 3.01. The van der Waals surface area contributed by atoms with Crippen molar-refractivity contribution in [3.05, 3.63) is 34.1 Å². The van der Waals surface area contributed by atoms with Gasteiger partial charge in [-0.1, -0.05) is 15.9 Å². The molecule has 0 aliphatic carbocycles. The monoisotopic (exact) mass is 287 g/mol. The molecule has 1 aromatic carbocycles. The van der Waals surface area contributed by atoms with Gasteiger partial charge in [0.2, 0.25) is 0 Å². The Morgan fingerprint density at radius 1 is 1.56 bits per heavy atom. The fourth-order valence-electron chi connectivity index (χ4n) is 2.08. The number of halogens is 2. The predicted octanol–water partition coefficient (Wildman–Crippen LogP) is 1.90. The van der Waals surface area contributed by atoms with Crippen LogP contribution in [0.3, 0.4) is 0 Å². The van der Waals surface area contributed by atoms with Crippen molar-refractivity contribution in [2.45, 2.75) is 11.8 Å². The molecule has 1 heterocycles. The smallest absolute Gasteiger partial charge is 0.315 e. The van der Waals surface area contributed by atoms with Crippen molar-refractivity contribution < 1.29 is 14.3 Å². The Bertz CT molecular complexity index is 430. The maximum absolute atomic E-state index is 13.2. The van der Waals surface area contributed by atoms with Crippen molar-refractivity contribution in [3.8, 4) is 0 Å². The lowest BCUT2D eigenvalue weighted by atomic mass is 9.80. The second kappa shape index (κ2) is 4.14. The molecule has 1 aromatic rings. The van der Waals surface area contributed by atoms with Gasteiger partial charge < -0.3 is 10.4 Å². The SMILES string of the molecule is O=C(O)C1(c2cc(F)ccc2Br)CCNC1. The van der Waals surface area contributed by atoms with Crippen LogP contribution in [-0.4, -0.2) is 24.2 Å². The third-order valence-corrected chi connectivity index (χ3v) is 3.70. The second-order valence-electron chi connectivity index (χ2n) is 3.94. The van der Waals surface area contributed by atoms with E-state index in [1.54, 1.807) is 6.07 Å². The summed E-state index contributed by atoms with van der Waals surface area (Å²) in [5.41, 5.74) is -0.508. The minimum atomic E-state index is -1.01. The van der Waals surface area contributed by atoms with Crippen LogP contribution in [0.5, 0.6) is 0 Å². The molecule has 0 spiro atoms. The maximum Gasteiger partial charge on any atom is 0.315 e. The lowest BCUT2D eigenvalue weighted by Crippen LogP contribution is -2.38. The number of rotatable bonds is 2. The van der Waals surface area contributed by atoms with Gasteiger partial charge in [0.15, 0.2) is 0 Å². The van der Waals surface area contributed by atoms with E-state index in [-0.39, 0.29) is 0 Å². The number of benzene rings is 1. The Balaban J connectivity index is 2.55. The van der Waals surface area contributed by atoms with Crippen LogP contribution in [0.2, 0.25) is 0 Å². The van der Waals surface area contributed by atoms with Crippen molar-refractivity contribution in [2.24, 2.45) is 0 Å². The van der Waals surface area contributed by atoms with Gasteiger partial charge >= 0.3 is 5.97 Å². The molecule has 1 unspecified atom stereocenters. The van der Waals surface area contributed by atoms with Crippen molar-refractivity contribution in [1.82, 2.24) is 5.32 Å². The van der Waals surface area contributed by atoms with E-state index >= 15 is 0 Å². The van der Waals surface area contributed by atoms with Crippen LogP contribution in [0.4, 0.5) is 4.39 Å². The lowest BCUT2D eigenvalue weighted by Gasteiger charge is -2.24. The second-order valence-corrected chi connectivity index (χ2v) is 4.79. The van der Waals surface area contributed by atoms with Crippen molar-refractivity contribution in [1.29, 1.82) is 0 Å². The number of nitrogens with one attached hydrogen (secondary N) is 1. The molecular formula is C11H11BrFNO2. The maximum atomic E-state index is 13.2. The molecule has 2 N–H and O–H groups in total. The molecule has 1 aliphatic heterocycles. The highest BCUT2D eigenvalue weighted by molar-refractivity contribution is 9.10. The van der Waals surface area contributed by atoms with Crippen molar-refractivity contribution in [3.63, 3.8) is 0 Å². The number of hydrogen-bond donors (Lipinski definition) is 2. The largest absolute Gasteiger partial charge is 0.481 e. The lowest BCUT2D eigenvalue weighted by molar-refractivity contribution is -0.143. The summed E-state index contributed by atoms with van der Waals surface area (Å²) in [5.74, 6) is -1.32. The van der Waals surface area contributed by atoms with Crippen molar-refractivity contribution >= 4 is 21.9 Å². The summed E-state index contributed by atoms with van der Waals surface area (Å²) in [4.78, 5) is 11.4. The Morgan fingerprint density at radius 2 is 2.31 bits per heavy atom. The fraction of sp³-hybridized carbons (Fsp3) is 0.364. The molecule has 1 fully saturated rings. The molecule has 2 rings (SSSR count). The zero-order chi connectivity index (χ0) is 11.8. The summed E-state index contributed by atoms with van der Waals surface area (Å²) in [6, 6.07) is 4.16. The summed E-state index contributed by atoms with van der Waals surface area (Å²) in [6.45, 7) is 0.972. The van der Waals surface area contributed by atoms with E-state index < -0.39 is 17.2 Å². The molecule has 0 aromatic heterocycles. The zero-order valence-electron chi connectivity index (χ0n) is 8.46. The Morgan fingerprint density at radius 3 is 2.88 bits per heavy atom. The van der Waals surface area contributed by atoms with Crippen LogP contribution in [0.25, 0.3) is 0 Å². The van der Waals surface area contributed by atoms with E-state index in [0.29, 0.717) is 29.5 Å². The topological polar surface area (TPSA) is 49.3 Å². The molecule has 3 nitrogen and oxygen atoms in total. The molecule has 0 saturated carbocycles. The van der Waals surface area contributed by atoms with Crippen LogP contribution in [0.15, 0.2) is 22.7 Å². The summed E-state index contributed by atoms with van der Waals surface area (Å²) in [6.07, 6.45) is 0.477. The summed E-state index contributed by atoms with van der Waals surface area (Å²) < 4.78 is 13.8. The first-order chi connectivity index (χ1) is 7.56. The average Bonchev–Trinajstić information content (AvgIpc) is 2.71. The first-order valence-corrected chi connectivity index (χ1v) is 5.75. The molecule has 1 atom stereocenters. The summed E-state index contributed by atoms with van der Waals surface area (Å²) in [7, 11) is 0. The highest BCUT2D eigenvalue weighted by atomic mass is 79.9. The van der Waals surface area contributed by atoms with Crippen LogP contribution in [-0.2, 0) is 10.2 Å². The minimum Gasteiger partial charge on any atom is -0.481 e. The number of hydrogen-bond acceptors (Lipinski definition) is 2. The van der Waals surface area contributed by atoms with Crippen LogP contribution >= 0.6 is 15.9 Å². The standard InChI is InChI=1S/C11H11BrFNO2/c12-9-2-1-7(13)5-8(9)11(10(15)16)3-4-14-6-11/h1-2,5,14H,3-4,6H2,(H,15,16). The van der Waals surface area contributed by atoms with E-state index in [0.717, 1.165) is 0 Å². The molecule has 0 bridgehead atoms. The number of carboxylic acid groups (broad SMARTS) is 1. The third kappa shape index (κ3) is 1.74. The molecule has 0 amide bonds. The fourth-order valence-corrected chi connectivity index (χ4v) is 2.71. The van der Waals surface area contributed by atoms with Gasteiger partial charge in [0, 0.05) is 11.0 Å². The van der Waals surface area contributed by atoms with Gasteiger partial charge in [0.25, 0.3) is 0 Å². The first-order valence-electron chi connectivity index (χ1n) is 4.96. The summed E-state index contributed by atoms with van der Waals surface area (Å²) in [5, 5.41) is 12.4. The van der Waals surface area contributed by atoms with E-state index in [9.17, 15) is 14.3 Å². The molecule has 1 aliphatic rings. The minimum absolute atomic E-state index is 0.338. The van der Waals surface area contributed by atoms with Gasteiger partial charge in [-0.05, 0) is 36.7 Å². The van der Waals surface area contributed by atoms with E-state index in [1.165, 1.54) is 12.1 Å². The Hall–Kier alpha value is -0.940. The van der Waals surface area contributed by atoms with Gasteiger partial charge in [-0.2, -0.15) is 0 Å².